The fourth-order valence-corrected chi connectivity index (χ4v) is 3.30. The van der Waals surface area contributed by atoms with Crippen LogP contribution in [-0.2, 0) is 17.0 Å². The number of ether oxygens (including phenoxy) is 1. The number of carbonyl (C=O) groups is 1. The highest BCUT2D eigenvalue weighted by atomic mass is 32.2. The van der Waals surface area contributed by atoms with E-state index >= 15 is 0 Å². The molecule has 0 aromatic heterocycles. The van der Waals surface area contributed by atoms with Crippen molar-refractivity contribution >= 4 is 23.4 Å². The lowest BCUT2D eigenvalue weighted by atomic mass is 10.1. The van der Waals surface area contributed by atoms with Gasteiger partial charge in [-0.05, 0) is 42.7 Å². The first kappa shape index (κ1) is 18.3. The van der Waals surface area contributed by atoms with E-state index in [1.165, 1.54) is 23.9 Å². The van der Waals surface area contributed by atoms with Gasteiger partial charge in [-0.15, -0.1) is 11.8 Å². The van der Waals surface area contributed by atoms with Crippen LogP contribution in [0, 0.1) is 12.7 Å². The van der Waals surface area contributed by atoms with E-state index in [0.717, 1.165) is 28.8 Å². The van der Waals surface area contributed by atoms with Gasteiger partial charge in [0, 0.05) is 17.0 Å². The molecule has 1 N–H and O–H groups in total. The third-order valence-electron chi connectivity index (χ3n) is 3.74. The summed E-state index contributed by atoms with van der Waals surface area (Å²) in [7, 11) is 1.55. The fourth-order valence-electron chi connectivity index (χ4n) is 2.49. The van der Waals surface area contributed by atoms with Gasteiger partial charge in [0.2, 0.25) is 5.91 Å². The number of amides is 1. The Hall–Kier alpha value is -2.01. The van der Waals surface area contributed by atoms with Crippen molar-refractivity contribution in [1.29, 1.82) is 0 Å². The summed E-state index contributed by atoms with van der Waals surface area (Å²) >= 11 is 1.43. The Morgan fingerprint density at radius 2 is 2.04 bits per heavy atom. The molecule has 0 saturated carbocycles. The Labute approximate surface area is 146 Å². The molecule has 0 spiro atoms. The van der Waals surface area contributed by atoms with E-state index in [2.05, 4.69) is 12.2 Å². The maximum absolute atomic E-state index is 13.3. The van der Waals surface area contributed by atoms with Gasteiger partial charge in [0.25, 0.3) is 0 Å². The molecule has 0 bridgehead atoms. The summed E-state index contributed by atoms with van der Waals surface area (Å²) in [4.78, 5) is 12.2. The lowest BCUT2D eigenvalue weighted by Crippen LogP contribution is -2.16. The molecule has 5 heteroatoms. The van der Waals surface area contributed by atoms with Crippen LogP contribution in [0.15, 0.2) is 36.4 Å². The summed E-state index contributed by atoms with van der Waals surface area (Å²) in [5, 5.41) is 2.99. The van der Waals surface area contributed by atoms with E-state index in [0.29, 0.717) is 17.3 Å². The average molecular weight is 347 g/mol. The lowest BCUT2D eigenvalue weighted by Gasteiger charge is -2.13. The Morgan fingerprint density at radius 3 is 2.75 bits per heavy atom. The molecule has 0 aliphatic carbocycles. The SMILES string of the molecule is CCc1cccc(C)c1NC(=O)CSCc1cc(F)ccc1OC. The molecule has 0 saturated heterocycles. The summed E-state index contributed by atoms with van der Waals surface area (Å²) in [6, 6.07) is 10.4. The molecular weight excluding hydrogens is 325 g/mol. The third kappa shape index (κ3) is 4.74. The summed E-state index contributed by atoms with van der Waals surface area (Å²) in [6.07, 6.45) is 0.866. The molecule has 0 aliphatic rings. The summed E-state index contributed by atoms with van der Waals surface area (Å²) in [6.45, 7) is 4.05. The van der Waals surface area contributed by atoms with E-state index < -0.39 is 0 Å². The molecule has 0 heterocycles. The van der Waals surface area contributed by atoms with Crippen molar-refractivity contribution in [2.45, 2.75) is 26.0 Å². The molecule has 0 fully saturated rings. The first-order chi connectivity index (χ1) is 11.5. The maximum atomic E-state index is 13.3. The van der Waals surface area contributed by atoms with Crippen LogP contribution < -0.4 is 10.1 Å². The van der Waals surface area contributed by atoms with Crippen LogP contribution in [0.1, 0.15) is 23.6 Å². The van der Waals surface area contributed by atoms with Crippen LogP contribution in [0.5, 0.6) is 5.75 Å². The quantitative estimate of drug-likeness (QED) is 0.797. The number of halogens is 1. The zero-order chi connectivity index (χ0) is 17.5. The highest BCUT2D eigenvalue weighted by Gasteiger charge is 2.10. The minimum atomic E-state index is -0.302. The minimum Gasteiger partial charge on any atom is -0.496 e. The second-order valence-corrected chi connectivity index (χ2v) is 6.45. The number of rotatable bonds is 7. The first-order valence-corrected chi connectivity index (χ1v) is 8.99. The summed E-state index contributed by atoms with van der Waals surface area (Å²) in [5.41, 5.74) is 3.83. The molecule has 2 aromatic rings. The number of anilines is 1. The highest BCUT2D eigenvalue weighted by Crippen LogP contribution is 2.25. The summed E-state index contributed by atoms with van der Waals surface area (Å²) in [5.74, 6) is 1.10. The monoisotopic (exact) mass is 347 g/mol. The Bertz CT molecular complexity index is 719. The van der Waals surface area contributed by atoms with E-state index in [1.807, 2.05) is 25.1 Å². The largest absolute Gasteiger partial charge is 0.496 e. The molecule has 0 radical (unpaired) electrons. The van der Waals surface area contributed by atoms with Crippen molar-refractivity contribution < 1.29 is 13.9 Å². The highest BCUT2D eigenvalue weighted by molar-refractivity contribution is 7.99. The first-order valence-electron chi connectivity index (χ1n) is 7.83. The van der Waals surface area contributed by atoms with Gasteiger partial charge in [-0.1, -0.05) is 25.1 Å². The topological polar surface area (TPSA) is 38.3 Å². The molecule has 2 rings (SSSR count). The van der Waals surface area contributed by atoms with Crippen LogP contribution in [0.3, 0.4) is 0 Å². The van der Waals surface area contributed by atoms with Crippen molar-refractivity contribution in [2.24, 2.45) is 0 Å². The van der Waals surface area contributed by atoms with E-state index in [-0.39, 0.29) is 11.7 Å². The van der Waals surface area contributed by atoms with Gasteiger partial charge >= 0.3 is 0 Å². The van der Waals surface area contributed by atoms with Crippen molar-refractivity contribution in [3.8, 4) is 5.75 Å². The number of aryl methyl sites for hydroxylation is 2. The number of para-hydroxylation sites is 1. The van der Waals surface area contributed by atoms with Gasteiger partial charge in [-0.25, -0.2) is 4.39 Å². The third-order valence-corrected chi connectivity index (χ3v) is 4.72. The summed E-state index contributed by atoms with van der Waals surface area (Å²) < 4.78 is 18.6. The molecule has 2 aromatic carbocycles. The second-order valence-electron chi connectivity index (χ2n) is 5.46. The Balaban J connectivity index is 1.94. The zero-order valence-corrected chi connectivity index (χ0v) is 15.0. The van der Waals surface area contributed by atoms with Crippen molar-refractivity contribution in [3.05, 3.63) is 58.9 Å². The molecule has 0 aliphatic heterocycles. The number of benzene rings is 2. The zero-order valence-electron chi connectivity index (χ0n) is 14.2. The van der Waals surface area contributed by atoms with Gasteiger partial charge in [-0.3, -0.25) is 4.79 Å². The predicted molar refractivity (Wildman–Crippen MR) is 98.3 cm³/mol. The number of methoxy groups -OCH3 is 1. The fraction of sp³-hybridized carbons (Fsp3) is 0.316. The number of hydrogen-bond donors (Lipinski definition) is 1. The molecule has 0 atom stereocenters. The van der Waals surface area contributed by atoms with Crippen LogP contribution >= 0.6 is 11.8 Å². The normalized spacial score (nSPS) is 10.5. The van der Waals surface area contributed by atoms with Crippen molar-refractivity contribution in [2.75, 3.05) is 18.2 Å². The maximum Gasteiger partial charge on any atom is 0.234 e. The molecule has 24 heavy (non-hydrogen) atoms. The van der Waals surface area contributed by atoms with Crippen LogP contribution in [0.4, 0.5) is 10.1 Å². The molecule has 1 amide bonds. The minimum absolute atomic E-state index is 0.0561. The van der Waals surface area contributed by atoms with Gasteiger partial charge in [-0.2, -0.15) is 0 Å². The van der Waals surface area contributed by atoms with Gasteiger partial charge in [0.05, 0.1) is 12.9 Å². The average Bonchev–Trinajstić information content (AvgIpc) is 2.57. The Morgan fingerprint density at radius 1 is 1.25 bits per heavy atom. The number of thioether (sulfide) groups is 1. The predicted octanol–water partition coefficient (Wildman–Crippen LogP) is 4.58. The van der Waals surface area contributed by atoms with Crippen molar-refractivity contribution in [1.82, 2.24) is 0 Å². The Kier molecular flexibility index (Phi) is 6.67. The lowest BCUT2D eigenvalue weighted by molar-refractivity contribution is -0.113. The van der Waals surface area contributed by atoms with E-state index in [1.54, 1.807) is 13.2 Å². The van der Waals surface area contributed by atoms with Crippen molar-refractivity contribution in [3.63, 3.8) is 0 Å². The second kappa shape index (κ2) is 8.73. The van der Waals surface area contributed by atoms with Gasteiger partial charge in [0.15, 0.2) is 0 Å². The molecule has 0 unspecified atom stereocenters. The molecule has 128 valence electrons. The van der Waals surface area contributed by atoms with Crippen LogP contribution in [-0.4, -0.2) is 18.8 Å². The number of carbonyl (C=O) groups excluding carboxylic acids is 1. The number of hydrogen-bond acceptors (Lipinski definition) is 3. The smallest absolute Gasteiger partial charge is 0.234 e. The van der Waals surface area contributed by atoms with Crippen LogP contribution in [0.25, 0.3) is 0 Å². The molecule has 3 nitrogen and oxygen atoms in total. The van der Waals surface area contributed by atoms with E-state index in [9.17, 15) is 9.18 Å². The number of nitrogens with one attached hydrogen (secondary N) is 1. The molecular formula is C19H22FNO2S. The van der Waals surface area contributed by atoms with Gasteiger partial charge in [0.1, 0.15) is 11.6 Å². The van der Waals surface area contributed by atoms with Crippen LogP contribution in [0.2, 0.25) is 0 Å². The van der Waals surface area contributed by atoms with E-state index in [4.69, 9.17) is 4.74 Å². The standard InChI is InChI=1S/C19H22FNO2S/c1-4-14-7-5-6-13(2)19(14)21-18(22)12-24-11-15-10-16(20)8-9-17(15)23-3/h5-10H,4,11-12H2,1-3H3,(H,21,22). The van der Waals surface area contributed by atoms with Gasteiger partial charge < -0.3 is 10.1 Å².